The van der Waals surface area contributed by atoms with Crippen molar-refractivity contribution in [2.45, 2.75) is 19.9 Å². The van der Waals surface area contributed by atoms with Gasteiger partial charge in [0.1, 0.15) is 17.3 Å². The van der Waals surface area contributed by atoms with Crippen LogP contribution >= 0.6 is 0 Å². The number of phenolic OH excluding ortho intramolecular Hbond substituents is 1. The van der Waals surface area contributed by atoms with Crippen LogP contribution in [0.25, 0.3) is 5.76 Å². The number of hydrogen-bond acceptors (Lipinski definition) is 5. The molecule has 1 saturated heterocycles. The molecule has 1 aliphatic rings. The first kappa shape index (κ1) is 21.2. The second kappa shape index (κ2) is 8.59. The number of rotatable bonds is 5. The number of benzene rings is 3. The highest BCUT2D eigenvalue weighted by molar-refractivity contribution is 6.51. The maximum Gasteiger partial charge on any atom is 0.300 e. The number of carbonyl (C=O) groups excluding carboxylic acids is 2. The van der Waals surface area contributed by atoms with Gasteiger partial charge in [-0.2, -0.15) is 0 Å². The molecule has 162 valence electrons. The zero-order valence-electron chi connectivity index (χ0n) is 17.8. The highest BCUT2D eigenvalue weighted by atomic mass is 16.5. The molecule has 1 atom stereocenters. The van der Waals surface area contributed by atoms with Gasteiger partial charge in [-0.25, -0.2) is 0 Å². The highest BCUT2D eigenvalue weighted by Gasteiger charge is 2.46. The predicted molar refractivity (Wildman–Crippen MR) is 122 cm³/mol. The van der Waals surface area contributed by atoms with E-state index in [2.05, 4.69) is 0 Å². The summed E-state index contributed by atoms with van der Waals surface area (Å²) in [6.45, 7) is 4.28. The van der Waals surface area contributed by atoms with E-state index in [9.17, 15) is 19.8 Å². The van der Waals surface area contributed by atoms with Crippen molar-refractivity contribution in [3.63, 3.8) is 0 Å². The molecule has 0 radical (unpaired) electrons. The minimum atomic E-state index is -0.844. The number of anilines is 1. The van der Waals surface area contributed by atoms with Gasteiger partial charge in [0.05, 0.1) is 18.2 Å². The zero-order valence-corrected chi connectivity index (χ0v) is 17.8. The molecular formula is C26H23NO5. The van der Waals surface area contributed by atoms with Crippen LogP contribution in [0.4, 0.5) is 5.69 Å². The average molecular weight is 429 g/mol. The third-order valence-corrected chi connectivity index (χ3v) is 5.37. The van der Waals surface area contributed by atoms with Crippen molar-refractivity contribution in [2.75, 3.05) is 11.5 Å². The summed E-state index contributed by atoms with van der Waals surface area (Å²) in [6, 6.07) is 19.4. The third kappa shape index (κ3) is 3.83. The highest BCUT2D eigenvalue weighted by Crippen LogP contribution is 2.42. The van der Waals surface area contributed by atoms with E-state index < -0.39 is 17.7 Å². The van der Waals surface area contributed by atoms with Gasteiger partial charge in [-0.15, -0.1) is 0 Å². The Labute approximate surface area is 186 Å². The topological polar surface area (TPSA) is 87.1 Å². The van der Waals surface area contributed by atoms with E-state index in [0.717, 1.165) is 5.56 Å². The van der Waals surface area contributed by atoms with Gasteiger partial charge in [-0.1, -0.05) is 24.3 Å². The van der Waals surface area contributed by atoms with Crippen LogP contribution in [-0.4, -0.2) is 28.5 Å². The van der Waals surface area contributed by atoms with Crippen molar-refractivity contribution in [3.05, 3.63) is 95.1 Å². The van der Waals surface area contributed by atoms with E-state index >= 15 is 0 Å². The van der Waals surface area contributed by atoms with Gasteiger partial charge in [0.2, 0.25) is 0 Å². The number of aliphatic hydroxyl groups excluding tert-OH is 1. The Morgan fingerprint density at radius 2 is 1.69 bits per heavy atom. The number of Topliss-reactive ketones (excluding diaryl/α,β-unsaturated/α-hetero) is 1. The molecular weight excluding hydrogens is 406 g/mol. The first-order chi connectivity index (χ1) is 15.4. The summed E-state index contributed by atoms with van der Waals surface area (Å²) in [5, 5.41) is 20.8. The normalized spacial score (nSPS) is 17.6. The van der Waals surface area contributed by atoms with Gasteiger partial charge in [0.25, 0.3) is 11.7 Å². The second-order valence-electron chi connectivity index (χ2n) is 7.56. The molecule has 4 rings (SSSR count). The summed E-state index contributed by atoms with van der Waals surface area (Å²) in [7, 11) is 0. The van der Waals surface area contributed by atoms with Gasteiger partial charge in [0.15, 0.2) is 0 Å². The lowest BCUT2D eigenvalue weighted by Crippen LogP contribution is -2.29. The Morgan fingerprint density at radius 3 is 2.31 bits per heavy atom. The van der Waals surface area contributed by atoms with Crippen LogP contribution in [0.2, 0.25) is 0 Å². The molecule has 6 nitrogen and oxygen atoms in total. The molecule has 0 aliphatic carbocycles. The van der Waals surface area contributed by atoms with Crippen molar-refractivity contribution in [3.8, 4) is 11.5 Å². The second-order valence-corrected chi connectivity index (χ2v) is 7.56. The van der Waals surface area contributed by atoms with Crippen molar-refractivity contribution in [2.24, 2.45) is 0 Å². The van der Waals surface area contributed by atoms with Crippen molar-refractivity contribution >= 4 is 23.1 Å². The molecule has 32 heavy (non-hydrogen) atoms. The molecule has 0 aromatic heterocycles. The first-order valence-corrected chi connectivity index (χ1v) is 10.3. The Morgan fingerprint density at radius 1 is 1.00 bits per heavy atom. The molecule has 6 heteroatoms. The fourth-order valence-electron chi connectivity index (χ4n) is 3.88. The van der Waals surface area contributed by atoms with Gasteiger partial charge in [-0.05, 0) is 73.5 Å². The fraction of sp³-hybridized carbons (Fsp3) is 0.154. The minimum absolute atomic E-state index is 0.00800. The maximum atomic E-state index is 13.1. The van der Waals surface area contributed by atoms with Gasteiger partial charge in [-0.3, -0.25) is 14.5 Å². The van der Waals surface area contributed by atoms with E-state index in [4.69, 9.17) is 4.74 Å². The zero-order chi connectivity index (χ0) is 22.8. The lowest BCUT2D eigenvalue weighted by atomic mass is 9.95. The number of aromatic hydroxyl groups is 1. The molecule has 1 aliphatic heterocycles. The van der Waals surface area contributed by atoms with Crippen LogP contribution in [0.1, 0.15) is 29.7 Å². The van der Waals surface area contributed by atoms with Gasteiger partial charge in [0, 0.05) is 11.3 Å². The van der Waals surface area contributed by atoms with Crippen LogP contribution in [0.15, 0.2) is 78.4 Å². The van der Waals surface area contributed by atoms with Gasteiger partial charge < -0.3 is 14.9 Å². The molecule has 0 bridgehead atoms. The number of carbonyl (C=O) groups is 2. The molecule has 1 fully saturated rings. The van der Waals surface area contributed by atoms with Crippen LogP contribution in [0, 0.1) is 6.92 Å². The number of nitrogens with zero attached hydrogens (tertiary/aromatic N) is 1. The first-order valence-electron chi connectivity index (χ1n) is 10.3. The van der Waals surface area contributed by atoms with Crippen molar-refractivity contribution in [1.82, 2.24) is 0 Å². The summed E-state index contributed by atoms with van der Waals surface area (Å²) in [5.41, 5.74) is 2.47. The molecule has 2 N–H and O–H groups in total. The molecule has 3 aromatic carbocycles. The maximum absolute atomic E-state index is 13.1. The smallest absolute Gasteiger partial charge is 0.300 e. The van der Waals surface area contributed by atoms with E-state index in [0.29, 0.717) is 29.2 Å². The number of aryl methyl sites for hydroxylation is 1. The van der Waals surface area contributed by atoms with E-state index in [1.54, 1.807) is 42.5 Å². The van der Waals surface area contributed by atoms with Crippen LogP contribution in [-0.2, 0) is 9.59 Å². The number of amides is 1. The molecule has 1 amide bonds. The number of ketones is 1. The SMILES string of the molecule is CCOc1ccc(/C(O)=C2\C(=O)C(=O)N(c3cccc(C)c3)C2c2ccc(O)cc2)cc1. The van der Waals surface area contributed by atoms with E-state index in [-0.39, 0.29) is 17.1 Å². The fourth-order valence-corrected chi connectivity index (χ4v) is 3.88. The third-order valence-electron chi connectivity index (χ3n) is 5.37. The Balaban J connectivity index is 1.89. The van der Waals surface area contributed by atoms with Crippen LogP contribution < -0.4 is 9.64 Å². The largest absolute Gasteiger partial charge is 0.508 e. The Hall–Kier alpha value is -4.06. The summed E-state index contributed by atoms with van der Waals surface area (Å²) in [4.78, 5) is 27.6. The van der Waals surface area contributed by atoms with E-state index in [1.807, 2.05) is 32.0 Å². The molecule has 0 spiro atoms. The van der Waals surface area contributed by atoms with Gasteiger partial charge >= 0.3 is 0 Å². The number of phenols is 1. The summed E-state index contributed by atoms with van der Waals surface area (Å²) in [6.07, 6.45) is 0. The minimum Gasteiger partial charge on any atom is -0.508 e. The average Bonchev–Trinajstić information content (AvgIpc) is 3.05. The van der Waals surface area contributed by atoms with Crippen LogP contribution in [0.5, 0.6) is 11.5 Å². The summed E-state index contributed by atoms with van der Waals surface area (Å²) >= 11 is 0. The molecule has 3 aromatic rings. The summed E-state index contributed by atoms with van der Waals surface area (Å²) in [5.74, 6) is -1.05. The molecule has 1 unspecified atom stereocenters. The Bertz CT molecular complexity index is 1200. The van der Waals surface area contributed by atoms with Crippen molar-refractivity contribution in [1.29, 1.82) is 0 Å². The molecule has 0 saturated carbocycles. The number of hydrogen-bond donors (Lipinski definition) is 2. The summed E-state index contributed by atoms with van der Waals surface area (Å²) < 4.78 is 5.44. The van der Waals surface area contributed by atoms with Crippen molar-refractivity contribution < 1.29 is 24.5 Å². The number of ether oxygens (including phenoxy) is 1. The molecule has 1 heterocycles. The standard InChI is InChI=1S/C26H23NO5/c1-3-32-21-13-9-18(10-14-21)24(29)22-23(17-7-11-20(28)12-8-17)27(26(31)25(22)30)19-6-4-5-16(2)15-19/h4-15,23,28-29H,3H2,1-2H3/b24-22+. The monoisotopic (exact) mass is 429 g/mol. The lowest BCUT2D eigenvalue weighted by molar-refractivity contribution is -0.132. The van der Waals surface area contributed by atoms with E-state index in [1.165, 1.54) is 17.0 Å². The Kier molecular flexibility index (Phi) is 5.69. The van der Waals surface area contributed by atoms with Crippen LogP contribution in [0.3, 0.4) is 0 Å². The quantitative estimate of drug-likeness (QED) is 0.348. The predicted octanol–water partition coefficient (Wildman–Crippen LogP) is 4.73. The number of aliphatic hydroxyl groups is 1. The lowest BCUT2D eigenvalue weighted by Gasteiger charge is -2.25.